The topological polar surface area (TPSA) is 23.5 Å². The summed E-state index contributed by atoms with van der Waals surface area (Å²) in [6.45, 7) is 6.01. The molecule has 0 aromatic heterocycles. The van der Waals surface area contributed by atoms with Crippen molar-refractivity contribution in [2.24, 2.45) is 0 Å². The average molecular weight is 171 g/mol. The number of aliphatic hydroxyl groups is 1. The van der Waals surface area contributed by atoms with E-state index in [2.05, 4.69) is 18.7 Å². The molecule has 0 unspecified atom stereocenters. The van der Waals surface area contributed by atoms with Crippen LogP contribution in [-0.2, 0) is 0 Å². The summed E-state index contributed by atoms with van der Waals surface area (Å²) in [4.78, 5) is 2.49. The molecule has 1 saturated heterocycles. The molecule has 1 atom stereocenters. The van der Waals surface area contributed by atoms with Crippen LogP contribution in [0, 0.1) is 0 Å². The molecule has 0 bridgehead atoms. The van der Waals surface area contributed by atoms with Gasteiger partial charge in [0, 0.05) is 12.1 Å². The molecule has 0 amide bonds. The highest BCUT2D eigenvalue weighted by Gasteiger charge is 2.27. The molecule has 1 fully saturated rings. The molecule has 1 aliphatic rings. The van der Waals surface area contributed by atoms with Gasteiger partial charge >= 0.3 is 0 Å². The van der Waals surface area contributed by atoms with Crippen molar-refractivity contribution in [3.63, 3.8) is 0 Å². The lowest BCUT2D eigenvalue weighted by Crippen LogP contribution is -2.40. The molecule has 0 radical (unpaired) electrons. The van der Waals surface area contributed by atoms with Gasteiger partial charge in [-0.1, -0.05) is 13.8 Å². The Balaban J connectivity index is 2.47. The zero-order valence-corrected chi connectivity index (χ0v) is 8.29. The Hall–Kier alpha value is -0.0800. The maximum absolute atomic E-state index is 9.13. The maximum Gasteiger partial charge on any atom is 0.0586 e. The molecule has 72 valence electrons. The van der Waals surface area contributed by atoms with Gasteiger partial charge in [0.15, 0.2) is 0 Å². The molecule has 0 aromatic carbocycles. The van der Waals surface area contributed by atoms with Crippen LogP contribution in [-0.4, -0.2) is 35.2 Å². The average Bonchev–Trinajstić information content (AvgIpc) is 2.55. The van der Waals surface area contributed by atoms with Crippen molar-refractivity contribution in [3.05, 3.63) is 0 Å². The molecule has 0 spiro atoms. The standard InChI is InChI=1S/C10H21NO/c1-3-9(4-2)11-7-5-6-10(11)8-12/h9-10,12H,3-8H2,1-2H3/t10-/m0/s1. The molecule has 1 aliphatic heterocycles. The molecule has 12 heavy (non-hydrogen) atoms. The number of likely N-dealkylation sites (tertiary alicyclic amines) is 1. The van der Waals surface area contributed by atoms with Crippen LogP contribution in [0.5, 0.6) is 0 Å². The zero-order chi connectivity index (χ0) is 8.97. The highest BCUT2D eigenvalue weighted by molar-refractivity contribution is 4.83. The van der Waals surface area contributed by atoms with E-state index in [9.17, 15) is 0 Å². The van der Waals surface area contributed by atoms with Gasteiger partial charge in [-0.15, -0.1) is 0 Å². The van der Waals surface area contributed by atoms with E-state index in [0.717, 1.165) is 0 Å². The van der Waals surface area contributed by atoms with Crippen molar-refractivity contribution < 1.29 is 5.11 Å². The minimum Gasteiger partial charge on any atom is -0.395 e. The van der Waals surface area contributed by atoms with E-state index in [0.29, 0.717) is 18.7 Å². The van der Waals surface area contributed by atoms with Gasteiger partial charge < -0.3 is 5.11 Å². The molecule has 2 nitrogen and oxygen atoms in total. The lowest BCUT2D eigenvalue weighted by molar-refractivity contribution is 0.114. The number of hydrogen-bond acceptors (Lipinski definition) is 2. The Kier molecular flexibility index (Phi) is 4.02. The normalized spacial score (nSPS) is 25.5. The van der Waals surface area contributed by atoms with Crippen LogP contribution < -0.4 is 0 Å². The second-order valence-electron chi connectivity index (χ2n) is 3.69. The second-order valence-corrected chi connectivity index (χ2v) is 3.69. The maximum atomic E-state index is 9.13. The first-order chi connectivity index (χ1) is 5.83. The Morgan fingerprint density at radius 3 is 2.58 bits per heavy atom. The largest absolute Gasteiger partial charge is 0.395 e. The van der Waals surface area contributed by atoms with Crippen LogP contribution in [0.2, 0.25) is 0 Å². The lowest BCUT2D eigenvalue weighted by Gasteiger charge is -2.30. The molecular formula is C10H21NO. The minimum absolute atomic E-state index is 0.344. The third-order valence-electron chi connectivity index (χ3n) is 3.04. The summed E-state index contributed by atoms with van der Waals surface area (Å²) in [5, 5.41) is 9.13. The molecule has 0 saturated carbocycles. The molecule has 0 aromatic rings. The third kappa shape index (κ3) is 1.99. The molecule has 1 heterocycles. The van der Waals surface area contributed by atoms with Crippen molar-refractivity contribution in [2.45, 2.75) is 51.6 Å². The van der Waals surface area contributed by atoms with E-state index in [4.69, 9.17) is 5.11 Å². The van der Waals surface area contributed by atoms with Crippen LogP contribution in [0.4, 0.5) is 0 Å². The number of rotatable bonds is 4. The van der Waals surface area contributed by atoms with Crippen molar-refractivity contribution in [1.29, 1.82) is 0 Å². The SMILES string of the molecule is CCC(CC)N1CCC[C@H]1CO. The predicted octanol–water partition coefficient (Wildman–Crippen LogP) is 1.63. The van der Waals surface area contributed by atoms with Gasteiger partial charge in [-0.25, -0.2) is 0 Å². The first-order valence-electron chi connectivity index (χ1n) is 5.20. The summed E-state index contributed by atoms with van der Waals surface area (Å²) < 4.78 is 0. The number of aliphatic hydroxyl groups excluding tert-OH is 1. The lowest BCUT2D eigenvalue weighted by atomic mass is 10.1. The van der Waals surface area contributed by atoms with Crippen molar-refractivity contribution in [2.75, 3.05) is 13.2 Å². The highest BCUT2D eigenvalue weighted by Crippen LogP contribution is 2.22. The van der Waals surface area contributed by atoms with Crippen molar-refractivity contribution >= 4 is 0 Å². The summed E-state index contributed by atoms with van der Waals surface area (Å²) in [7, 11) is 0. The molecule has 2 heteroatoms. The molecular weight excluding hydrogens is 150 g/mol. The third-order valence-corrected chi connectivity index (χ3v) is 3.04. The smallest absolute Gasteiger partial charge is 0.0586 e. The van der Waals surface area contributed by atoms with E-state index in [-0.39, 0.29) is 0 Å². The van der Waals surface area contributed by atoms with Crippen LogP contribution in [0.3, 0.4) is 0 Å². The van der Waals surface area contributed by atoms with Gasteiger partial charge in [-0.05, 0) is 32.2 Å². The summed E-state index contributed by atoms with van der Waals surface area (Å²) >= 11 is 0. The van der Waals surface area contributed by atoms with E-state index >= 15 is 0 Å². The molecule has 1 rings (SSSR count). The van der Waals surface area contributed by atoms with Gasteiger partial charge in [-0.3, -0.25) is 4.90 Å². The first kappa shape index (κ1) is 10.0. The fourth-order valence-corrected chi connectivity index (χ4v) is 2.29. The fraction of sp³-hybridized carbons (Fsp3) is 1.00. The van der Waals surface area contributed by atoms with Gasteiger partial charge in [-0.2, -0.15) is 0 Å². The Morgan fingerprint density at radius 1 is 1.42 bits per heavy atom. The van der Waals surface area contributed by atoms with Gasteiger partial charge in [0.05, 0.1) is 6.61 Å². The predicted molar refractivity (Wildman–Crippen MR) is 51.2 cm³/mol. The van der Waals surface area contributed by atoms with E-state index in [1.54, 1.807) is 0 Å². The molecule has 0 aliphatic carbocycles. The van der Waals surface area contributed by atoms with Crippen molar-refractivity contribution in [1.82, 2.24) is 4.90 Å². The Labute approximate surface area is 75.6 Å². The van der Waals surface area contributed by atoms with Crippen LogP contribution in [0.1, 0.15) is 39.5 Å². The first-order valence-corrected chi connectivity index (χ1v) is 5.20. The van der Waals surface area contributed by atoms with E-state index in [1.807, 2.05) is 0 Å². The van der Waals surface area contributed by atoms with Crippen molar-refractivity contribution in [3.8, 4) is 0 Å². The zero-order valence-electron chi connectivity index (χ0n) is 8.29. The van der Waals surface area contributed by atoms with Gasteiger partial charge in [0.2, 0.25) is 0 Å². The van der Waals surface area contributed by atoms with Crippen LogP contribution in [0.25, 0.3) is 0 Å². The molecule has 1 N–H and O–H groups in total. The Morgan fingerprint density at radius 2 is 2.08 bits per heavy atom. The highest BCUT2D eigenvalue weighted by atomic mass is 16.3. The Bertz CT molecular complexity index is 123. The summed E-state index contributed by atoms with van der Waals surface area (Å²) in [5.74, 6) is 0. The van der Waals surface area contributed by atoms with Gasteiger partial charge in [0.1, 0.15) is 0 Å². The number of nitrogens with zero attached hydrogens (tertiary/aromatic N) is 1. The van der Waals surface area contributed by atoms with E-state index < -0.39 is 0 Å². The monoisotopic (exact) mass is 171 g/mol. The number of hydrogen-bond donors (Lipinski definition) is 1. The quantitative estimate of drug-likeness (QED) is 0.695. The van der Waals surface area contributed by atoms with E-state index in [1.165, 1.54) is 32.2 Å². The minimum atomic E-state index is 0.344. The fourth-order valence-electron chi connectivity index (χ4n) is 2.29. The second kappa shape index (κ2) is 4.83. The summed E-state index contributed by atoms with van der Waals surface area (Å²) in [6, 6.07) is 1.15. The van der Waals surface area contributed by atoms with Gasteiger partial charge in [0.25, 0.3) is 0 Å². The summed E-state index contributed by atoms with van der Waals surface area (Å²) in [5.41, 5.74) is 0. The van der Waals surface area contributed by atoms with Crippen LogP contribution in [0.15, 0.2) is 0 Å². The van der Waals surface area contributed by atoms with Crippen LogP contribution >= 0.6 is 0 Å². The summed E-state index contributed by atoms with van der Waals surface area (Å²) in [6.07, 6.45) is 4.88.